The smallest absolute Gasteiger partial charge is 0.325 e. The average molecular weight is 631 g/mol. The lowest BCUT2D eigenvalue weighted by atomic mass is 9.88. The molecule has 236 valence electrons. The van der Waals surface area contributed by atoms with Crippen LogP contribution >= 0.6 is 11.6 Å². The first-order valence-corrected chi connectivity index (χ1v) is 16.3. The number of aliphatic hydroxyl groups is 1. The van der Waals surface area contributed by atoms with Crippen LogP contribution in [0.4, 0.5) is 4.39 Å². The summed E-state index contributed by atoms with van der Waals surface area (Å²) < 4.78 is 45.5. The number of hydroxylamine groups is 1. The second-order valence-corrected chi connectivity index (χ2v) is 13.0. The number of halogens is 2. The van der Waals surface area contributed by atoms with Gasteiger partial charge in [-0.1, -0.05) is 69.5 Å². The number of nitrogens with zero attached hydrogens (tertiary/aromatic N) is 1. The minimum absolute atomic E-state index is 0.00321. The number of hydrogen-bond donors (Lipinski definition) is 4. The van der Waals surface area contributed by atoms with Crippen LogP contribution in [0.1, 0.15) is 83.6 Å². The van der Waals surface area contributed by atoms with E-state index in [4.69, 9.17) is 21.5 Å². The fraction of sp³-hybridized carbons (Fsp3) is 0.567. The number of ether oxygens (including phenoxy) is 1. The molecule has 42 heavy (non-hydrogen) atoms. The van der Waals surface area contributed by atoms with Crippen LogP contribution in [0.5, 0.6) is 5.75 Å². The third-order valence-corrected chi connectivity index (χ3v) is 9.38. The van der Waals surface area contributed by atoms with Crippen molar-refractivity contribution in [1.29, 1.82) is 0 Å². The average Bonchev–Trinajstić information content (AvgIpc) is 2.94. The van der Waals surface area contributed by atoms with Crippen LogP contribution in [0.15, 0.2) is 47.4 Å². The minimum Gasteiger partial charge on any atom is -0.489 e. The number of sulfonamides is 1. The van der Waals surface area contributed by atoms with Gasteiger partial charge in [0.1, 0.15) is 18.2 Å². The molecule has 12 heteroatoms. The van der Waals surface area contributed by atoms with Gasteiger partial charge >= 0.3 is 5.97 Å². The van der Waals surface area contributed by atoms with E-state index in [1.54, 1.807) is 0 Å². The maximum atomic E-state index is 13.1. The Morgan fingerprint density at radius 2 is 1.71 bits per heavy atom. The number of piperidine rings is 1. The first-order valence-electron chi connectivity index (χ1n) is 14.4. The molecule has 0 aromatic heterocycles. The number of benzene rings is 2. The van der Waals surface area contributed by atoms with Crippen LogP contribution in [0, 0.1) is 5.82 Å². The fourth-order valence-electron chi connectivity index (χ4n) is 4.80. The lowest BCUT2D eigenvalue weighted by Gasteiger charge is -2.41. The second kappa shape index (κ2) is 17.7. The number of carbonyl (C=O) groups is 1. The lowest BCUT2D eigenvalue weighted by Crippen LogP contribution is -2.60. The second-order valence-electron chi connectivity index (χ2n) is 10.7. The molecule has 0 unspecified atom stereocenters. The van der Waals surface area contributed by atoms with Crippen molar-refractivity contribution in [3.63, 3.8) is 0 Å². The molecule has 0 amide bonds. The zero-order valence-corrected chi connectivity index (χ0v) is 26.0. The van der Waals surface area contributed by atoms with E-state index in [0.717, 1.165) is 17.3 Å². The fourth-order valence-corrected chi connectivity index (χ4v) is 6.73. The maximum absolute atomic E-state index is 13.1. The monoisotopic (exact) mass is 630 g/mol. The third-order valence-electron chi connectivity index (χ3n) is 7.15. The van der Waals surface area contributed by atoms with Gasteiger partial charge in [0.15, 0.2) is 6.04 Å². The van der Waals surface area contributed by atoms with Gasteiger partial charge in [-0.25, -0.2) is 18.3 Å². The van der Waals surface area contributed by atoms with Gasteiger partial charge in [-0.3, -0.25) is 4.79 Å². The highest BCUT2D eigenvalue weighted by Gasteiger charge is 2.49. The van der Waals surface area contributed by atoms with Gasteiger partial charge in [0, 0.05) is 18.7 Å². The van der Waals surface area contributed by atoms with Gasteiger partial charge < -0.3 is 20.2 Å². The standard InChI is InChI=1S/C20H21ClFNO6S.C10H23NO/c1-20(26)9-2-10-23(18(20)19(24)25)30(27,28)16-7-5-15(6-8-16)29-12-13-3-4-14(22)11-17(13)21;1-2-3-4-5-6-7-8-9-10-11-12/h3-8,11,18,26H,2,9-10,12H2,1H3,(H,24,25);11-12H,2-10H2,1H3/t18-,20+;/m0./s1. The van der Waals surface area contributed by atoms with Gasteiger partial charge in [-0.15, -0.1) is 0 Å². The molecule has 2 aromatic rings. The Labute approximate surface area is 253 Å². The molecule has 2 atom stereocenters. The Morgan fingerprint density at radius 3 is 2.29 bits per heavy atom. The van der Waals surface area contributed by atoms with E-state index < -0.39 is 33.5 Å². The summed E-state index contributed by atoms with van der Waals surface area (Å²) >= 11 is 5.96. The zero-order valence-electron chi connectivity index (χ0n) is 24.4. The van der Waals surface area contributed by atoms with Crippen molar-refractivity contribution in [2.75, 3.05) is 13.1 Å². The summed E-state index contributed by atoms with van der Waals surface area (Å²) in [5.41, 5.74) is 1.07. The summed E-state index contributed by atoms with van der Waals surface area (Å²) in [6, 6.07) is 7.82. The van der Waals surface area contributed by atoms with Crippen molar-refractivity contribution < 1.29 is 37.8 Å². The van der Waals surface area contributed by atoms with Crippen LogP contribution in [-0.2, 0) is 21.4 Å². The number of carboxylic acids is 1. The number of rotatable bonds is 15. The van der Waals surface area contributed by atoms with Crippen LogP contribution in [-0.4, -0.2) is 58.8 Å². The molecule has 1 aliphatic heterocycles. The first kappa shape index (κ1) is 35.9. The van der Waals surface area contributed by atoms with Crippen molar-refractivity contribution in [2.45, 2.75) is 101 Å². The summed E-state index contributed by atoms with van der Waals surface area (Å²) in [6.07, 6.45) is 11.1. The molecule has 0 saturated carbocycles. The number of nitrogens with one attached hydrogen (secondary N) is 1. The molecule has 0 spiro atoms. The van der Waals surface area contributed by atoms with Gasteiger partial charge in [0.2, 0.25) is 10.0 Å². The molecule has 0 aliphatic carbocycles. The van der Waals surface area contributed by atoms with E-state index in [1.165, 1.54) is 94.3 Å². The topological polar surface area (TPSA) is 136 Å². The van der Waals surface area contributed by atoms with Crippen molar-refractivity contribution in [2.24, 2.45) is 0 Å². The molecular formula is C30H44ClFN2O7S. The molecule has 4 N–H and O–H groups in total. The molecule has 1 aliphatic rings. The summed E-state index contributed by atoms with van der Waals surface area (Å²) in [5.74, 6) is -1.51. The molecule has 1 fully saturated rings. The lowest BCUT2D eigenvalue weighted by molar-refractivity contribution is -0.153. The molecule has 9 nitrogen and oxygen atoms in total. The van der Waals surface area contributed by atoms with E-state index in [1.807, 2.05) is 0 Å². The summed E-state index contributed by atoms with van der Waals surface area (Å²) in [4.78, 5) is 11.5. The van der Waals surface area contributed by atoms with Crippen LogP contribution in [0.2, 0.25) is 5.02 Å². The van der Waals surface area contributed by atoms with Gasteiger partial charge in [-0.05, 0) is 62.6 Å². The highest BCUT2D eigenvalue weighted by atomic mass is 35.5. The Kier molecular flexibility index (Phi) is 15.2. The number of aliphatic carboxylic acids is 1. The van der Waals surface area contributed by atoms with Crippen molar-refractivity contribution >= 4 is 27.6 Å². The van der Waals surface area contributed by atoms with E-state index >= 15 is 0 Å². The van der Waals surface area contributed by atoms with E-state index in [9.17, 15) is 27.8 Å². The third kappa shape index (κ3) is 11.1. The number of carboxylic acid groups (broad SMARTS) is 1. The van der Waals surface area contributed by atoms with Crippen LogP contribution in [0.25, 0.3) is 0 Å². The van der Waals surface area contributed by atoms with Gasteiger partial charge in [0.05, 0.1) is 15.5 Å². The molecule has 3 rings (SSSR count). The zero-order chi connectivity index (χ0) is 31.2. The Hall–Kier alpha value is -2.28. The van der Waals surface area contributed by atoms with Crippen molar-refractivity contribution in [3.8, 4) is 5.75 Å². The normalized spacial score (nSPS) is 19.1. The predicted octanol–water partition coefficient (Wildman–Crippen LogP) is 6.15. The Balaban J connectivity index is 0.000000435. The van der Waals surface area contributed by atoms with E-state index in [0.29, 0.717) is 17.7 Å². The molecule has 1 heterocycles. The highest BCUT2D eigenvalue weighted by Crippen LogP contribution is 2.33. The molecular weight excluding hydrogens is 587 g/mol. The highest BCUT2D eigenvalue weighted by molar-refractivity contribution is 7.89. The summed E-state index contributed by atoms with van der Waals surface area (Å²) in [7, 11) is -4.15. The quantitative estimate of drug-likeness (QED) is 0.136. The Bertz CT molecular complexity index is 1200. The predicted molar refractivity (Wildman–Crippen MR) is 160 cm³/mol. The summed E-state index contributed by atoms with van der Waals surface area (Å²) in [5, 5.41) is 28.4. The van der Waals surface area contributed by atoms with Crippen LogP contribution in [0.3, 0.4) is 0 Å². The SMILES string of the molecule is CCCCCCCCCCNO.C[C@@]1(O)CCCN(S(=O)(=O)c2ccc(OCc3ccc(F)cc3Cl)cc2)[C@H]1C(=O)O. The number of unbranched alkanes of at least 4 members (excludes halogenated alkanes) is 7. The van der Waals surface area contributed by atoms with E-state index in [2.05, 4.69) is 12.4 Å². The van der Waals surface area contributed by atoms with Crippen molar-refractivity contribution in [1.82, 2.24) is 9.79 Å². The maximum Gasteiger partial charge on any atom is 0.325 e. The Morgan fingerprint density at radius 1 is 1.10 bits per heavy atom. The minimum atomic E-state index is -4.15. The largest absolute Gasteiger partial charge is 0.489 e. The molecule has 2 aromatic carbocycles. The molecule has 1 saturated heterocycles. The molecule has 0 radical (unpaired) electrons. The van der Waals surface area contributed by atoms with E-state index in [-0.39, 0.29) is 29.5 Å². The first-order chi connectivity index (χ1) is 19.9. The van der Waals surface area contributed by atoms with Gasteiger partial charge in [0.25, 0.3) is 0 Å². The number of hydrogen-bond acceptors (Lipinski definition) is 7. The van der Waals surface area contributed by atoms with Crippen LogP contribution < -0.4 is 10.2 Å². The summed E-state index contributed by atoms with van der Waals surface area (Å²) in [6.45, 7) is 4.37. The molecule has 0 bridgehead atoms. The van der Waals surface area contributed by atoms with Gasteiger partial charge in [-0.2, -0.15) is 4.31 Å². The van der Waals surface area contributed by atoms with Crippen molar-refractivity contribution in [3.05, 3.63) is 58.9 Å².